The van der Waals surface area contributed by atoms with Gasteiger partial charge in [-0.1, -0.05) is 12.1 Å². The molecule has 0 saturated carbocycles. The zero-order valence-electron chi connectivity index (χ0n) is 13.6. The molecule has 6 heteroatoms. The van der Waals surface area contributed by atoms with Crippen molar-refractivity contribution in [2.75, 3.05) is 42.6 Å². The molecule has 1 N–H and O–H groups in total. The van der Waals surface area contributed by atoms with E-state index in [1.165, 1.54) is 11.4 Å². The summed E-state index contributed by atoms with van der Waals surface area (Å²) in [6, 6.07) is 9.06. The van der Waals surface area contributed by atoms with E-state index >= 15 is 0 Å². The van der Waals surface area contributed by atoms with E-state index < -0.39 is 0 Å². The predicted octanol–water partition coefficient (Wildman–Crippen LogP) is 1.82. The van der Waals surface area contributed by atoms with Crippen LogP contribution in [0.25, 0.3) is 0 Å². The Hall–Kier alpha value is -1.95. The van der Waals surface area contributed by atoms with Gasteiger partial charge in [0.1, 0.15) is 0 Å². The van der Waals surface area contributed by atoms with E-state index in [2.05, 4.69) is 39.4 Å². The fraction of sp³-hybridized carbons (Fsp3) is 0.588. The summed E-state index contributed by atoms with van der Waals surface area (Å²) < 4.78 is 5.09. The van der Waals surface area contributed by atoms with Gasteiger partial charge in [-0.15, -0.1) is 0 Å². The van der Waals surface area contributed by atoms with Gasteiger partial charge in [-0.05, 0) is 31.9 Å². The first kappa shape index (κ1) is 14.6. The van der Waals surface area contributed by atoms with E-state index in [9.17, 15) is 4.79 Å². The van der Waals surface area contributed by atoms with Gasteiger partial charge in [-0.25, -0.2) is 4.79 Å². The smallest absolute Gasteiger partial charge is 0.409 e. The number of hydrogen-bond acceptors (Lipinski definition) is 5. The number of nitrogens with one attached hydrogen (secondary N) is 1. The zero-order chi connectivity index (χ0) is 15.8. The molecular weight excluding hydrogens is 292 g/mol. The van der Waals surface area contributed by atoms with Gasteiger partial charge in [-0.2, -0.15) is 0 Å². The van der Waals surface area contributed by atoms with Gasteiger partial charge < -0.3 is 19.4 Å². The molecule has 3 aliphatic rings. The number of carbonyl (C=O) groups excluding carboxylic acids is 1. The number of hydrogen-bond donors (Lipinski definition) is 1. The summed E-state index contributed by atoms with van der Waals surface area (Å²) >= 11 is 0. The van der Waals surface area contributed by atoms with Crippen LogP contribution in [0.1, 0.15) is 19.8 Å². The van der Waals surface area contributed by atoms with Crippen LogP contribution in [0.4, 0.5) is 16.2 Å². The molecule has 3 heterocycles. The number of anilines is 2. The third kappa shape index (κ3) is 2.51. The normalized spacial score (nSPS) is 21.0. The topological polar surface area (TPSA) is 48.1 Å². The van der Waals surface area contributed by atoms with E-state index in [0.717, 1.165) is 39.0 Å². The maximum atomic E-state index is 11.8. The van der Waals surface area contributed by atoms with Crippen LogP contribution in [0.2, 0.25) is 0 Å². The highest BCUT2D eigenvalue weighted by Crippen LogP contribution is 2.42. The molecule has 0 aliphatic carbocycles. The molecule has 0 spiro atoms. The Morgan fingerprint density at radius 3 is 2.30 bits per heavy atom. The summed E-state index contributed by atoms with van der Waals surface area (Å²) in [5.41, 5.74) is 2.67. The molecule has 3 aliphatic heterocycles. The third-order valence-corrected chi connectivity index (χ3v) is 5.08. The molecule has 1 aromatic carbocycles. The summed E-state index contributed by atoms with van der Waals surface area (Å²) in [6.45, 7) is 6.00. The van der Waals surface area contributed by atoms with Gasteiger partial charge in [0.15, 0.2) is 6.29 Å². The first-order valence-corrected chi connectivity index (χ1v) is 8.58. The Kier molecular flexibility index (Phi) is 3.77. The van der Waals surface area contributed by atoms with E-state index in [1.54, 1.807) is 0 Å². The van der Waals surface area contributed by atoms with Gasteiger partial charge >= 0.3 is 6.09 Å². The van der Waals surface area contributed by atoms with E-state index in [0.29, 0.717) is 12.6 Å². The lowest BCUT2D eigenvalue weighted by Gasteiger charge is -2.35. The Labute approximate surface area is 137 Å². The Morgan fingerprint density at radius 2 is 1.74 bits per heavy atom. The molecule has 2 bridgehead atoms. The average Bonchev–Trinajstić information content (AvgIpc) is 3.12. The number of nitrogens with zero attached hydrogens (tertiary/aromatic N) is 3. The predicted molar refractivity (Wildman–Crippen MR) is 89.7 cm³/mol. The van der Waals surface area contributed by atoms with Crippen molar-refractivity contribution in [1.29, 1.82) is 0 Å². The lowest BCUT2D eigenvalue weighted by molar-refractivity contribution is 0.0944. The van der Waals surface area contributed by atoms with Crippen LogP contribution in [0.3, 0.4) is 0 Å². The highest BCUT2D eigenvalue weighted by molar-refractivity contribution is 5.79. The lowest BCUT2D eigenvalue weighted by atomic mass is 10.1. The molecule has 1 aromatic rings. The molecule has 0 radical (unpaired) electrons. The number of piperidine rings is 1. The second-order valence-corrected chi connectivity index (χ2v) is 6.38. The molecule has 4 rings (SSSR count). The molecule has 124 valence electrons. The summed E-state index contributed by atoms with van der Waals surface area (Å²) in [4.78, 5) is 18.5. The van der Waals surface area contributed by atoms with Crippen molar-refractivity contribution in [3.63, 3.8) is 0 Å². The summed E-state index contributed by atoms with van der Waals surface area (Å²) in [5.74, 6) is 0. The van der Waals surface area contributed by atoms with Crippen LogP contribution in [-0.4, -0.2) is 56.1 Å². The summed E-state index contributed by atoms with van der Waals surface area (Å²) in [5, 5.41) is 3.79. The molecule has 0 unspecified atom stereocenters. The minimum absolute atomic E-state index is 0.174. The molecule has 1 amide bonds. The van der Waals surface area contributed by atoms with Gasteiger partial charge in [0.25, 0.3) is 0 Å². The van der Waals surface area contributed by atoms with E-state index in [-0.39, 0.29) is 12.4 Å². The number of amides is 1. The number of para-hydroxylation sites is 2. The Bertz CT molecular complexity index is 555. The fourth-order valence-corrected chi connectivity index (χ4v) is 3.92. The van der Waals surface area contributed by atoms with Crippen molar-refractivity contribution < 1.29 is 9.53 Å². The van der Waals surface area contributed by atoms with Crippen molar-refractivity contribution in [3.05, 3.63) is 24.3 Å². The molecule has 6 nitrogen and oxygen atoms in total. The molecule has 2 fully saturated rings. The van der Waals surface area contributed by atoms with Crippen molar-refractivity contribution in [2.45, 2.75) is 32.1 Å². The number of fused-ring (bicyclic) bond motifs is 5. The number of rotatable bonds is 3. The maximum absolute atomic E-state index is 11.8. The van der Waals surface area contributed by atoms with E-state index in [1.807, 2.05) is 11.8 Å². The summed E-state index contributed by atoms with van der Waals surface area (Å²) in [6.07, 6.45) is 2.05. The van der Waals surface area contributed by atoms with Crippen LogP contribution in [0.15, 0.2) is 24.3 Å². The van der Waals surface area contributed by atoms with Crippen LogP contribution in [0.5, 0.6) is 0 Å². The SMILES string of the molecule is CCOC(=O)N1CCC(NC2N3CCN2c2ccccc23)CC1. The van der Waals surface area contributed by atoms with Gasteiger partial charge in [0, 0.05) is 32.2 Å². The second-order valence-electron chi connectivity index (χ2n) is 6.38. The zero-order valence-corrected chi connectivity index (χ0v) is 13.6. The molecule has 2 saturated heterocycles. The highest BCUT2D eigenvalue weighted by atomic mass is 16.6. The molecule has 0 aromatic heterocycles. The lowest BCUT2D eigenvalue weighted by Crippen LogP contribution is -2.54. The van der Waals surface area contributed by atoms with Crippen molar-refractivity contribution >= 4 is 17.5 Å². The van der Waals surface area contributed by atoms with Crippen LogP contribution < -0.4 is 15.1 Å². The van der Waals surface area contributed by atoms with Crippen molar-refractivity contribution in [3.8, 4) is 0 Å². The van der Waals surface area contributed by atoms with Gasteiger partial charge in [-0.3, -0.25) is 5.32 Å². The molecule has 0 atom stereocenters. The second kappa shape index (κ2) is 5.92. The highest BCUT2D eigenvalue weighted by Gasteiger charge is 2.42. The van der Waals surface area contributed by atoms with Crippen molar-refractivity contribution in [2.24, 2.45) is 0 Å². The van der Waals surface area contributed by atoms with Crippen LogP contribution >= 0.6 is 0 Å². The number of ether oxygens (including phenoxy) is 1. The van der Waals surface area contributed by atoms with Crippen LogP contribution in [0, 0.1) is 0 Å². The first-order chi connectivity index (χ1) is 11.3. The standard InChI is InChI=1S/C17H24N4O2/c1-2-23-17(22)19-9-7-13(8-10-19)18-16-20-11-12-21(16)15-6-4-3-5-14(15)20/h3-6,13,16,18H,2,7-12H2,1H3. The average molecular weight is 316 g/mol. The fourth-order valence-electron chi connectivity index (χ4n) is 3.92. The Morgan fingerprint density at radius 1 is 1.13 bits per heavy atom. The van der Waals surface area contributed by atoms with Gasteiger partial charge in [0.05, 0.1) is 18.0 Å². The van der Waals surface area contributed by atoms with Crippen molar-refractivity contribution in [1.82, 2.24) is 10.2 Å². The monoisotopic (exact) mass is 316 g/mol. The van der Waals surface area contributed by atoms with Gasteiger partial charge in [0.2, 0.25) is 0 Å². The van der Waals surface area contributed by atoms with E-state index in [4.69, 9.17) is 4.74 Å². The number of benzene rings is 1. The number of carbonyl (C=O) groups is 1. The maximum Gasteiger partial charge on any atom is 0.409 e. The largest absolute Gasteiger partial charge is 0.450 e. The summed E-state index contributed by atoms with van der Waals surface area (Å²) in [7, 11) is 0. The molecule has 23 heavy (non-hydrogen) atoms. The minimum Gasteiger partial charge on any atom is -0.450 e. The number of likely N-dealkylation sites (tertiary alicyclic amines) is 1. The molecular formula is C17H24N4O2. The Balaban J connectivity index is 1.36. The minimum atomic E-state index is -0.174. The quantitative estimate of drug-likeness (QED) is 0.922. The first-order valence-electron chi connectivity index (χ1n) is 8.58. The third-order valence-electron chi connectivity index (χ3n) is 5.08. The van der Waals surface area contributed by atoms with Crippen LogP contribution in [-0.2, 0) is 4.74 Å².